The zero-order chi connectivity index (χ0) is 34.7. The zero-order valence-electron chi connectivity index (χ0n) is 30.5. The van der Waals surface area contributed by atoms with E-state index < -0.39 is 18.9 Å². The van der Waals surface area contributed by atoms with Gasteiger partial charge in [0.15, 0.2) is 0 Å². The molecule has 1 heterocycles. The van der Waals surface area contributed by atoms with Crippen molar-refractivity contribution in [1.29, 1.82) is 0 Å². The van der Waals surface area contributed by atoms with Crippen molar-refractivity contribution in [3.8, 4) is 0 Å². The molecule has 0 aromatic heterocycles. The normalized spacial score (nSPS) is 40.1. The Morgan fingerprint density at radius 1 is 1.21 bits per heavy atom. The van der Waals surface area contributed by atoms with Gasteiger partial charge in [0.25, 0.3) is 0 Å². The molecule has 5 rings (SSSR count). The summed E-state index contributed by atoms with van der Waals surface area (Å²) in [6.07, 6.45) is 15.9. The van der Waals surface area contributed by atoms with Crippen LogP contribution >= 0.6 is 19.0 Å². The molecule has 12 heteroatoms. The van der Waals surface area contributed by atoms with Gasteiger partial charge in [-0.3, -0.25) is 4.57 Å². The first-order chi connectivity index (χ1) is 22.8. The summed E-state index contributed by atoms with van der Waals surface area (Å²) in [4.78, 5) is 12.8. The lowest BCUT2D eigenvalue weighted by molar-refractivity contribution is -0.0581. The third-order valence-corrected chi connectivity index (χ3v) is 15.2. The lowest BCUT2D eigenvalue weighted by Crippen LogP contribution is -2.51. The van der Waals surface area contributed by atoms with Crippen LogP contribution in [-0.4, -0.2) is 76.3 Å². The molecule has 9 nitrogen and oxygen atoms in total. The van der Waals surface area contributed by atoms with E-state index in [-0.39, 0.29) is 42.8 Å². The smallest absolute Gasteiger partial charge is 0.407 e. The van der Waals surface area contributed by atoms with Crippen LogP contribution in [0.5, 0.6) is 0 Å². The van der Waals surface area contributed by atoms with Crippen LogP contribution in [0.25, 0.3) is 0 Å². The van der Waals surface area contributed by atoms with Gasteiger partial charge in [-0.2, -0.15) is 0 Å². The number of fused-ring (bicyclic) bond motifs is 5. The fraction of sp³-hybridized carbons (Fsp3) is 0.917. The van der Waals surface area contributed by atoms with Crippen molar-refractivity contribution in [3.05, 3.63) is 11.6 Å². The first-order valence-electron chi connectivity index (χ1n) is 19.0. The van der Waals surface area contributed by atoms with Gasteiger partial charge >= 0.3 is 12.8 Å². The zero-order valence-corrected chi connectivity index (χ0v) is 32.2. The number of hydrogen-bond donors (Lipinski definition) is 4. The monoisotopic (exact) mass is 710 g/mol. The van der Waals surface area contributed by atoms with Gasteiger partial charge < -0.3 is 29.2 Å². The summed E-state index contributed by atoms with van der Waals surface area (Å²) in [5.41, 5.74) is 2.17. The Kier molecular flexibility index (Phi) is 13.2. The number of aliphatic hydroxyl groups is 1. The second-order valence-corrected chi connectivity index (χ2v) is 19.6. The summed E-state index contributed by atoms with van der Waals surface area (Å²) in [6.45, 7) is 6.52. The topological polar surface area (TPSA) is 115 Å². The first-order valence-corrected chi connectivity index (χ1v) is 21.8. The van der Waals surface area contributed by atoms with E-state index in [4.69, 9.17) is 18.7 Å². The molecule has 5 aliphatic rings. The fourth-order valence-electron chi connectivity index (χ4n) is 10.9. The Balaban J connectivity index is 1.07. The summed E-state index contributed by atoms with van der Waals surface area (Å²) >= 11 is 4.19. The highest BCUT2D eigenvalue weighted by atomic mass is 32.7. The molecule has 11 unspecified atom stereocenters. The Hall–Kier alpha value is -0.545. The fourth-order valence-corrected chi connectivity index (χ4v) is 12.7. The number of methoxy groups -OCH3 is 1. The number of rotatable bonds is 15. The van der Waals surface area contributed by atoms with Gasteiger partial charge in [-0.25, -0.2) is 9.88 Å². The van der Waals surface area contributed by atoms with Crippen LogP contribution in [0, 0.1) is 40.4 Å². The summed E-state index contributed by atoms with van der Waals surface area (Å²) < 4.78 is 35.2. The van der Waals surface area contributed by atoms with Gasteiger partial charge in [0.05, 0.1) is 25.4 Å². The van der Waals surface area contributed by atoms with E-state index in [1.807, 2.05) is 7.85 Å². The number of unbranched alkanes of at least 4 members (excludes halogenated alkanes) is 2. The Labute approximate surface area is 296 Å². The molecule has 0 bridgehead atoms. The molecule has 1 aliphatic heterocycles. The van der Waals surface area contributed by atoms with E-state index in [9.17, 15) is 14.5 Å². The number of nitrogens with one attached hydrogen (secondary N) is 2. The van der Waals surface area contributed by atoms with E-state index >= 15 is 0 Å². The van der Waals surface area contributed by atoms with Crippen molar-refractivity contribution in [2.24, 2.45) is 40.4 Å². The number of carbonyl (C=O) groups is 1. The molecule has 1 saturated heterocycles. The number of carbonyl (C=O) groups excluding carboxylic acids is 1. The van der Waals surface area contributed by atoms with Gasteiger partial charge in [-0.1, -0.05) is 77.3 Å². The molecule has 0 aromatic carbocycles. The maximum atomic E-state index is 12.9. The van der Waals surface area contributed by atoms with Crippen LogP contribution in [0.3, 0.4) is 0 Å². The Bertz CT molecular complexity index is 1180. The molecule has 1 amide bonds. The lowest BCUT2D eigenvalue weighted by Gasteiger charge is -2.58. The van der Waals surface area contributed by atoms with Gasteiger partial charge in [0.2, 0.25) is 0 Å². The van der Waals surface area contributed by atoms with Crippen molar-refractivity contribution in [2.75, 3.05) is 26.9 Å². The van der Waals surface area contributed by atoms with Crippen molar-refractivity contribution < 1.29 is 33.2 Å². The van der Waals surface area contributed by atoms with Crippen LogP contribution in [0.2, 0.25) is 0 Å². The van der Waals surface area contributed by atoms with Crippen molar-refractivity contribution in [2.45, 2.75) is 142 Å². The predicted octanol–water partition coefficient (Wildman–Crippen LogP) is 6.64. The highest BCUT2D eigenvalue weighted by Gasteiger charge is 2.59. The van der Waals surface area contributed by atoms with Crippen LogP contribution in [0.4, 0.5) is 4.79 Å². The molecule has 13 atom stereocenters. The molecule has 0 aromatic rings. The third kappa shape index (κ3) is 8.73. The predicted molar refractivity (Wildman–Crippen MR) is 196 cm³/mol. The molecular weight excluding hydrogens is 646 g/mol. The number of alkyl carbamates (subject to hydrolysis) is 1. The van der Waals surface area contributed by atoms with Gasteiger partial charge in [-0.05, 0) is 91.8 Å². The molecule has 0 spiro atoms. The van der Waals surface area contributed by atoms with Crippen LogP contribution in [0.1, 0.15) is 111 Å². The maximum Gasteiger partial charge on any atom is 0.407 e. The second kappa shape index (κ2) is 16.4. The van der Waals surface area contributed by atoms with E-state index in [0.717, 1.165) is 48.9 Å². The standard InChI is InChI=1S/C36H64BN2O7PS/c1-6-7-8-9-23(2)28-12-13-29-27-11-10-24-18-26(14-16-35(24,3)30(27)15-17-36(28,29)4)45-34(41)38-20-25(40)21-44-47(42,48)39-31-19-33(37)46-32(31)22-43-5/h10,23,25-33,40H,6-9,11-22,37H2,1-5H3,(H,38,41)(H2,39,42,48)/t23?,25?,26?,27?,28?,29?,30?,31?,32-,33-,35?,36?,47?/m1/s1. The lowest BCUT2D eigenvalue weighted by atomic mass is 9.47. The minimum Gasteiger partial charge on any atom is -0.446 e. The van der Waals surface area contributed by atoms with E-state index in [0.29, 0.717) is 18.4 Å². The SMILES string of the molecule is B[C@H]1CC(NP(=O)(S)OCC(O)CNC(=O)OC2CCC3(C)C(=CCC4C3CCC3(C)C(C(C)CCCCC)CCC43)C2)[C@@H](COC)O1. The second-order valence-electron chi connectivity index (χ2n) is 16.5. The van der Waals surface area contributed by atoms with Gasteiger partial charge in [-0.15, -0.1) is 0 Å². The van der Waals surface area contributed by atoms with E-state index in [1.54, 1.807) is 7.11 Å². The molecule has 48 heavy (non-hydrogen) atoms. The average Bonchev–Trinajstić information content (AvgIpc) is 3.57. The summed E-state index contributed by atoms with van der Waals surface area (Å²) in [5, 5.41) is 16.1. The molecule has 3 saturated carbocycles. The Morgan fingerprint density at radius 2 is 2.00 bits per heavy atom. The largest absolute Gasteiger partial charge is 0.446 e. The van der Waals surface area contributed by atoms with Crippen molar-refractivity contribution >= 4 is 32.9 Å². The van der Waals surface area contributed by atoms with Crippen molar-refractivity contribution in [3.63, 3.8) is 0 Å². The molecular formula is C36H64BN2O7PS. The van der Waals surface area contributed by atoms with Crippen LogP contribution < -0.4 is 10.4 Å². The number of hydrogen-bond acceptors (Lipinski definition) is 7. The number of thiol groups is 1. The van der Waals surface area contributed by atoms with Crippen molar-refractivity contribution in [1.82, 2.24) is 10.4 Å². The molecule has 3 N–H and O–H groups in total. The maximum absolute atomic E-state index is 12.9. The molecule has 4 aliphatic carbocycles. The number of amides is 1. The van der Waals surface area contributed by atoms with Gasteiger partial charge in [0.1, 0.15) is 14.0 Å². The van der Waals surface area contributed by atoms with Crippen LogP contribution in [-0.2, 0) is 23.3 Å². The number of aliphatic hydroxyl groups excluding tert-OH is 1. The number of ether oxygens (including phenoxy) is 3. The molecule has 0 radical (unpaired) electrons. The minimum atomic E-state index is -3.52. The van der Waals surface area contributed by atoms with E-state index in [2.05, 4.69) is 56.4 Å². The quantitative estimate of drug-likeness (QED) is 0.0492. The summed E-state index contributed by atoms with van der Waals surface area (Å²) in [5.74, 6) is 4.04. The molecule has 4 fully saturated rings. The highest BCUT2D eigenvalue weighted by molar-refractivity contribution is 8.45. The summed E-state index contributed by atoms with van der Waals surface area (Å²) in [6, 6.07) is -0.239. The highest BCUT2D eigenvalue weighted by Crippen LogP contribution is 2.67. The minimum absolute atomic E-state index is 0.00148. The van der Waals surface area contributed by atoms with Gasteiger partial charge in [0, 0.05) is 32.1 Å². The van der Waals surface area contributed by atoms with Crippen LogP contribution in [0.15, 0.2) is 11.6 Å². The average molecular weight is 711 g/mol. The third-order valence-electron chi connectivity index (χ3n) is 13.4. The summed E-state index contributed by atoms with van der Waals surface area (Å²) in [7, 11) is 3.54. The Morgan fingerprint density at radius 3 is 2.75 bits per heavy atom. The number of allylic oxidation sites excluding steroid dienone is 1. The first kappa shape index (κ1) is 38.7. The molecule has 274 valence electrons. The van der Waals surface area contributed by atoms with E-state index in [1.165, 1.54) is 63.4 Å².